The molecule has 110 valence electrons. The molecule has 0 spiro atoms. The van der Waals surface area contributed by atoms with E-state index in [2.05, 4.69) is 21.3 Å². The summed E-state index contributed by atoms with van der Waals surface area (Å²) < 4.78 is 5.49. The Morgan fingerprint density at radius 3 is 2.70 bits per heavy atom. The zero-order valence-electron chi connectivity index (χ0n) is 11.8. The molecule has 6 nitrogen and oxygen atoms in total. The smallest absolute Gasteiger partial charge is 0.156 e. The average Bonchev–Trinajstić information content (AvgIpc) is 3.25. The monoisotopic (exact) mass is 302 g/mol. The number of phenols is 1. The van der Waals surface area contributed by atoms with E-state index in [1.165, 1.54) is 0 Å². The van der Waals surface area contributed by atoms with Crippen LogP contribution in [-0.4, -0.2) is 20.3 Å². The average molecular weight is 302 g/mol. The van der Waals surface area contributed by atoms with Crippen molar-refractivity contribution in [3.05, 3.63) is 54.4 Å². The molecule has 0 aliphatic heterocycles. The van der Waals surface area contributed by atoms with Crippen LogP contribution in [0.3, 0.4) is 0 Å². The summed E-state index contributed by atoms with van der Waals surface area (Å²) in [6.07, 6.45) is 3.19. The summed E-state index contributed by atoms with van der Waals surface area (Å²) in [5.74, 6) is 0.733. The van der Waals surface area contributed by atoms with Crippen molar-refractivity contribution in [1.82, 2.24) is 15.2 Å². The number of furan rings is 1. The molecule has 3 heterocycles. The largest absolute Gasteiger partial charge is 0.508 e. The van der Waals surface area contributed by atoms with E-state index in [0.29, 0.717) is 28.2 Å². The lowest BCUT2D eigenvalue weighted by Gasteiger charge is -2.09. The van der Waals surface area contributed by atoms with Crippen LogP contribution in [-0.2, 0) is 0 Å². The van der Waals surface area contributed by atoms with E-state index >= 15 is 0 Å². The lowest BCUT2D eigenvalue weighted by molar-refractivity contribution is 0.475. The Kier molecular flexibility index (Phi) is 2.85. The van der Waals surface area contributed by atoms with Gasteiger partial charge in [-0.2, -0.15) is 10.4 Å². The summed E-state index contributed by atoms with van der Waals surface area (Å²) in [4.78, 5) is 4.51. The van der Waals surface area contributed by atoms with Gasteiger partial charge in [-0.1, -0.05) is 0 Å². The van der Waals surface area contributed by atoms with Gasteiger partial charge in [0.15, 0.2) is 5.65 Å². The fourth-order valence-corrected chi connectivity index (χ4v) is 2.58. The molecule has 2 N–H and O–H groups in total. The molecule has 3 aromatic heterocycles. The van der Waals surface area contributed by atoms with Crippen LogP contribution in [0.4, 0.5) is 0 Å². The summed E-state index contributed by atoms with van der Waals surface area (Å²) in [5, 5.41) is 26.7. The third-order valence-electron chi connectivity index (χ3n) is 3.62. The summed E-state index contributed by atoms with van der Waals surface area (Å²) in [7, 11) is 0. The predicted molar refractivity (Wildman–Crippen MR) is 83.4 cm³/mol. The van der Waals surface area contributed by atoms with E-state index in [-0.39, 0.29) is 5.75 Å². The number of aromatic amines is 1. The Bertz CT molecular complexity index is 1030. The molecule has 0 saturated heterocycles. The number of aromatic nitrogens is 3. The minimum atomic E-state index is 0.154. The Hall–Kier alpha value is -3.59. The third-order valence-corrected chi connectivity index (χ3v) is 3.62. The zero-order chi connectivity index (χ0) is 15.8. The second kappa shape index (κ2) is 5.00. The van der Waals surface area contributed by atoms with Gasteiger partial charge in [0.05, 0.1) is 29.1 Å². The first kappa shape index (κ1) is 13.1. The molecular weight excluding hydrogens is 292 g/mol. The summed E-state index contributed by atoms with van der Waals surface area (Å²) >= 11 is 0. The molecule has 23 heavy (non-hydrogen) atoms. The lowest BCUT2D eigenvalue weighted by atomic mass is 9.98. The van der Waals surface area contributed by atoms with Gasteiger partial charge in [0, 0.05) is 11.1 Å². The van der Waals surface area contributed by atoms with Crippen LogP contribution in [0.2, 0.25) is 0 Å². The Balaban J connectivity index is 2.09. The highest BCUT2D eigenvalue weighted by molar-refractivity contribution is 5.97. The van der Waals surface area contributed by atoms with Gasteiger partial charge >= 0.3 is 0 Å². The molecule has 6 heteroatoms. The molecule has 4 aromatic rings. The highest BCUT2D eigenvalue weighted by Gasteiger charge is 2.20. The van der Waals surface area contributed by atoms with Crippen molar-refractivity contribution in [3.63, 3.8) is 0 Å². The van der Waals surface area contributed by atoms with Crippen molar-refractivity contribution in [3.8, 4) is 34.4 Å². The minimum Gasteiger partial charge on any atom is -0.508 e. The molecule has 0 unspecified atom stereocenters. The number of nitriles is 1. The molecule has 0 saturated carbocycles. The first-order valence-electron chi connectivity index (χ1n) is 6.88. The van der Waals surface area contributed by atoms with Crippen LogP contribution in [0.25, 0.3) is 33.6 Å². The number of aromatic hydroxyl groups is 1. The van der Waals surface area contributed by atoms with Crippen molar-refractivity contribution in [2.45, 2.75) is 0 Å². The molecule has 0 aliphatic carbocycles. The van der Waals surface area contributed by atoms with Crippen molar-refractivity contribution >= 4 is 11.0 Å². The van der Waals surface area contributed by atoms with Crippen LogP contribution >= 0.6 is 0 Å². The van der Waals surface area contributed by atoms with Gasteiger partial charge in [0.2, 0.25) is 0 Å². The maximum Gasteiger partial charge on any atom is 0.156 e. The number of nitrogens with zero attached hydrogens (tertiary/aromatic N) is 3. The number of hydrogen-bond donors (Lipinski definition) is 2. The molecule has 0 radical (unpaired) electrons. The number of nitrogens with one attached hydrogen (secondary N) is 1. The van der Waals surface area contributed by atoms with Crippen LogP contribution in [0, 0.1) is 11.3 Å². The Morgan fingerprint density at radius 2 is 2.00 bits per heavy atom. The summed E-state index contributed by atoms with van der Waals surface area (Å²) in [6.45, 7) is 0. The van der Waals surface area contributed by atoms with Crippen LogP contribution in [0.1, 0.15) is 5.56 Å². The van der Waals surface area contributed by atoms with Crippen LogP contribution < -0.4 is 0 Å². The van der Waals surface area contributed by atoms with Crippen LogP contribution in [0.5, 0.6) is 5.75 Å². The highest BCUT2D eigenvalue weighted by Crippen LogP contribution is 2.36. The zero-order valence-corrected chi connectivity index (χ0v) is 11.8. The standard InChI is InChI=1S/C17H10N4O2/c18-8-12-15(14-2-1-7-23-14)13-9-19-21-17(13)20-16(12)10-3-5-11(22)6-4-10/h1-7,9,22H,(H,19,20,21). The first-order valence-corrected chi connectivity index (χ1v) is 6.88. The number of pyridine rings is 1. The van der Waals surface area contributed by atoms with Gasteiger partial charge in [0.25, 0.3) is 0 Å². The minimum absolute atomic E-state index is 0.154. The van der Waals surface area contributed by atoms with E-state index in [1.807, 2.05) is 0 Å². The van der Waals surface area contributed by atoms with E-state index in [4.69, 9.17) is 4.42 Å². The second-order valence-electron chi connectivity index (χ2n) is 4.98. The van der Waals surface area contributed by atoms with Crippen molar-refractivity contribution < 1.29 is 9.52 Å². The first-order chi connectivity index (χ1) is 11.3. The Labute approximate surface area is 130 Å². The lowest BCUT2D eigenvalue weighted by Crippen LogP contribution is -1.95. The number of hydrogen-bond acceptors (Lipinski definition) is 5. The van der Waals surface area contributed by atoms with Gasteiger partial charge < -0.3 is 9.52 Å². The maximum absolute atomic E-state index is 9.70. The third kappa shape index (κ3) is 2.03. The highest BCUT2D eigenvalue weighted by atomic mass is 16.3. The number of benzene rings is 1. The molecule has 0 atom stereocenters. The summed E-state index contributed by atoms with van der Waals surface area (Å²) in [5.41, 5.74) is 2.86. The fourth-order valence-electron chi connectivity index (χ4n) is 2.58. The maximum atomic E-state index is 9.70. The fraction of sp³-hybridized carbons (Fsp3) is 0. The number of phenolic OH excluding ortho intramolecular Hbond substituents is 1. The molecule has 1 aromatic carbocycles. The van der Waals surface area contributed by atoms with Gasteiger partial charge in [0.1, 0.15) is 17.6 Å². The van der Waals surface area contributed by atoms with Crippen molar-refractivity contribution in [2.75, 3.05) is 0 Å². The topological polar surface area (TPSA) is 98.7 Å². The van der Waals surface area contributed by atoms with E-state index < -0.39 is 0 Å². The van der Waals surface area contributed by atoms with Gasteiger partial charge in [-0.05, 0) is 36.4 Å². The van der Waals surface area contributed by atoms with E-state index in [0.717, 1.165) is 10.9 Å². The van der Waals surface area contributed by atoms with Crippen LogP contribution in [0.15, 0.2) is 53.3 Å². The van der Waals surface area contributed by atoms with Gasteiger partial charge in [-0.25, -0.2) is 4.98 Å². The molecule has 4 rings (SSSR count). The van der Waals surface area contributed by atoms with Crippen molar-refractivity contribution in [2.24, 2.45) is 0 Å². The second-order valence-corrected chi connectivity index (χ2v) is 4.98. The van der Waals surface area contributed by atoms with E-state index in [9.17, 15) is 10.4 Å². The van der Waals surface area contributed by atoms with Gasteiger partial charge in [-0.3, -0.25) is 5.10 Å². The number of rotatable bonds is 2. The molecule has 0 amide bonds. The molecule has 0 aliphatic rings. The molecule has 0 bridgehead atoms. The van der Waals surface area contributed by atoms with Gasteiger partial charge in [-0.15, -0.1) is 0 Å². The number of H-pyrrole nitrogens is 1. The number of fused-ring (bicyclic) bond motifs is 1. The Morgan fingerprint density at radius 1 is 1.17 bits per heavy atom. The molecular formula is C17H10N4O2. The SMILES string of the molecule is N#Cc1c(-c2ccc(O)cc2)nc2[nH]ncc2c1-c1ccco1. The predicted octanol–water partition coefficient (Wildman–Crippen LogP) is 3.46. The van der Waals surface area contributed by atoms with E-state index in [1.54, 1.807) is 48.9 Å². The quantitative estimate of drug-likeness (QED) is 0.590. The summed E-state index contributed by atoms with van der Waals surface area (Å²) in [6, 6.07) is 12.3. The normalized spacial score (nSPS) is 10.7. The van der Waals surface area contributed by atoms with Crippen molar-refractivity contribution in [1.29, 1.82) is 5.26 Å². The molecule has 0 fully saturated rings.